The van der Waals surface area contributed by atoms with E-state index in [0.29, 0.717) is 17.1 Å². The van der Waals surface area contributed by atoms with E-state index < -0.39 is 16.9 Å². The van der Waals surface area contributed by atoms with Gasteiger partial charge in [-0.25, -0.2) is 4.79 Å². The van der Waals surface area contributed by atoms with Crippen LogP contribution in [0.3, 0.4) is 0 Å². The van der Waals surface area contributed by atoms with Crippen LogP contribution in [0, 0.1) is 10.1 Å². The normalized spacial score (nSPS) is 18.7. The van der Waals surface area contributed by atoms with Crippen molar-refractivity contribution in [3.63, 3.8) is 0 Å². The van der Waals surface area contributed by atoms with Gasteiger partial charge in [-0.15, -0.1) is 11.8 Å². The maximum atomic E-state index is 13.4. The average Bonchev–Trinajstić information content (AvgIpc) is 2.96. The Morgan fingerprint density at radius 1 is 1.11 bits per heavy atom. The molecule has 192 valence electrons. The molecule has 1 saturated heterocycles. The molecule has 3 aromatic rings. The zero-order chi connectivity index (χ0) is 26.6. The summed E-state index contributed by atoms with van der Waals surface area (Å²) in [6.07, 6.45) is 1.53. The number of fused-ring (bicyclic) bond motifs is 1. The molecule has 1 amide bonds. The Hall–Kier alpha value is -4.44. The first-order valence-corrected chi connectivity index (χ1v) is 12.8. The molecule has 0 unspecified atom stereocenters. The van der Waals surface area contributed by atoms with Gasteiger partial charge in [0.1, 0.15) is 23.4 Å². The first-order valence-electron chi connectivity index (χ1n) is 11.8. The maximum absolute atomic E-state index is 13.4. The standard InChI is InChI=1S/C28H23N3O6S/c1-36-22-13-9-19(10-14-22)16-37-28(33)25-23(20-5-3-2-4-6-20)17-38-27-24(26(32)30(25)27)29-15-18-7-11-21(12-8-18)31(34)35/h2-15,24,27H,16-17H2,1H3/t24-,27-/m0/s1. The van der Waals surface area contributed by atoms with E-state index in [1.807, 2.05) is 42.5 Å². The number of nitro benzene ring substituents is 1. The van der Waals surface area contributed by atoms with Gasteiger partial charge < -0.3 is 9.47 Å². The van der Waals surface area contributed by atoms with Crippen LogP contribution in [0.15, 0.2) is 89.6 Å². The second-order valence-corrected chi connectivity index (χ2v) is 9.70. The van der Waals surface area contributed by atoms with E-state index >= 15 is 0 Å². The highest BCUT2D eigenvalue weighted by Crippen LogP contribution is 2.44. The number of benzene rings is 3. The van der Waals surface area contributed by atoms with Crippen LogP contribution in [-0.4, -0.2) is 52.2 Å². The molecule has 2 aliphatic heterocycles. The lowest BCUT2D eigenvalue weighted by atomic mass is 9.99. The minimum Gasteiger partial charge on any atom is -0.497 e. The lowest BCUT2D eigenvalue weighted by molar-refractivity contribution is -0.384. The Kier molecular flexibility index (Phi) is 7.23. The molecule has 0 bridgehead atoms. The van der Waals surface area contributed by atoms with Gasteiger partial charge in [0.05, 0.1) is 12.0 Å². The van der Waals surface area contributed by atoms with Crippen molar-refractivity contribution in [1.29, 1.82) is 0 Å². The molecule has 0 aromatic heterocycles. The van der Waals surface area contributed by atoms with Crippen molar-refractivity contribution in [2.45, 2.75) is 18.0 Å². The molecule has 0 spiro atoms. The Labute approximate surface area is 222 Å². The van der Waals surface area contributed by atoms with E-state index in [0.717, 1.165) is 16.7 Å². The molecular weight excluding hydrogens is 506 g/mol. The molecule has 2 atom stereocenters. The summed E-state index contributed by atoms with van der Waals surface area (Å²) >= 11 is 1.53. The minimum atomic E-state index is -0.670. The van der Waals surface area contributed by atoms with Crippen molar-refractivity contribution in [1.82, 2.24) is 4.90 Å². The average molecular weight is 530 g/mol. The molecule has 38 heavy (non-hydrogen) atoms. The molecule has 0 radical (unpaired) electrons. The zero-order valence-corrected chi connectivity index (χ0v) is 21.2. The largest absolute Gasteiger partial charge is 0.497 e. The second-order valence-electron chi connectivity index (χ2n) is 8.60. The van der Waals surface area contributed by atoms with Crippen LogP contribution in [0.2, 0.25) is 0 Å². The number of methoxy groups -OCH3 is 1. The molecule has 1 fully saturated rings. The van der Waals surface area contributed by atoms with Gasteiger partial charge in [0.25, 0.3) is 11.6 Å². The minimum absolute atomic E-state index is 0.0211. The van der Waals surface area contributed by atoms with Crippen LogP contribution in [0.5, 0.6) is 5.75 Å². The summed E-state index contributed by atoms with van der Waals surface area (Å²) in [5.41, 5.74) is 3.23. The van der Waals surface area contributed by atoms with Crippen LogP contribution in [0.25, 0.3) is 5.57 Å². The number of hydrogen-bond donors (Lipinski definition) is 0. The number of rotatable bonds is 8. The highest BCUT2D eigenvalue weighted by atomic mass is 32.2. The maximum Gasteiger partial charge on any atom is 0.355 e. The van der Waals surface area contributed by atoms with Crippen molar-refractivity contribution in [3.8, 4) is 5.75 Å². The quantitative estimate of drug-likeness (QED) is 0.139. The molecule has 10 heteroatoms. The SMILES string of the molecule is COc1ccc(COC(=O)C2=C(c3ccccc3)CS[C@H]3[C@@H](N=Cc4ccc([N+](=O)[O-])cc4)C(=O)N23)cc1. The number of ether oxygens (including phenoxy) is 2. The highest BCUT2D eigenvalue weighted by Gasteiger charge is 2.54. The van der Waals surface area contributed by atoms with Crippen molar-refractivity contribution in [2.24, 2.45) is 4.99 Å². The van der Waals surface area contributed by atoms with Crippen molar-refractivity contribution >= 4 is 41.1 Å². The summed E-state index contributed by atoms with van der Waals surface area (Å²) < 4.78 is 10.8. The highest BCUT2D eigenvalue weighted by molar-refractivity contribution is 8.00. The van der Waals surface area contributed by atoms with Gasteiger partial charge in [-0.2, -0.15) is 0 Å². The summed E-state index contributed by atoms with van der Waals surface area (Å²) in [4.78, 5) is 43.0. The fourth-order valence-electron chi connectivity index (χ4n) is 4.24. The summed E-state index contributed by atoms with van der Waals surface area (Å²) in [5, 5.41) is 10.5. The Morgan fingerprint density at radius 3 is 2.47 bits per heavy atom. The van der Waals surface area contributed by atoms with E-state index in [1.165, 1.54) is 35.0 Å². The summed E-state index contributed by atoms with van der Waals surface area (Å²) in [6.45, 7) is 0.0516. The van der Waals surface area contributed by atoms with Crippen LogP contribution in [0.4, 0.5) is 5.69 Å². The number of amides is 1. The van der Waals surface area contributed by atoms with Crippen LogP contribution >= 0.6 is 11.8 Å². The molecule has 2 aliphatic rings. The van der Waals surface area contributed by atoms with Crippen LogP contribution in [0.1, 0.15) is 16.7 Å². The molecule has 5 rings (SSSR count). The number of nitrogens with zero attached hydrogens (tertiary/aromatic N) is 3. The first kappa shape index (κ1) is 25.2. The summed E-state index contributed by atoms with van der Waals surface area (Å²) in [6, 6.07) is 21.9. The summed E-state index contributed by atoms with van der Waals surface area (Å²) in [5.74, 6) is 0.337. The number of esters is 1. The molecule has 2 heterocycles. The fraction of sp³-hybridized carbons (Fsp3) is 0.179. The fourth-order valence-corrected chi connectivity index (χ4v) is 5.61. The number of nitro groups is 1. The van der Waals surface area contributed by atoms with E-state index in [9.17, 15) is 19.7 Å². The molecule has 3 aromatic carbocycles. The lowest BCUT2D eigenvalue weighted by Crippen LogP contribution is -2.64. The predicted octanol–water partition coefficient (Wildman–Crippen LogP) is 4.46. The van der Waals surface area contributed by atoms with Gasteiger partial charge in [-0.05, 0) is 41.0 Å². The third-order valence-corrected chi connectivity index (χ3v) is 7.54. The van der Waals surface area contributed by atoms with Gasteiger partial charge in [0.2, 0.25) is 0 Å². The molecular formula is C28H23N3O6S. The van der Waals surface area contributed by atoms with Gasteiger partial charge in [0.15, 0.2) is 6.04 Å². The van der Waals surface area contributed by atoms with E-state index in [-0.39, 0.29) is 29.3 Å². The smallest absolute Gasteiger partial charge is 0.355 e. The van der Waals surface area contributed by atoms with Crippen molar-refractivity contribution < 1.29 is 24.0 Å². The van der Waals surface area contributed by atoms with E-state index in [1.54, 1.807) is 31.4 Å². The van der Waals surface area contributed by atoms with Crippen molar-refractivity contribution in [3.05, 3.63) is 111 Å². The van der Waals surface area contributed by atoms with E-state index in [4.69, 9.17) is 9.47 Å². The van der Waals surface area contributed by atoms with Crippen LogP contribution in [-0.2, 0) is 20.9 Å². The molecule has 0 aliphatic carbocycles. The Balaban J connectivity index is 1.37. The number of thioether (sulfide) groups is 1. The van der Waals surface area contributed by atoms with E-state index in [2.05, 4.69) is 4.99 Å². The number of hydrogen-bond acceptors (Lipinski definition) is 8. The third kappa shape index (κ3) is 5.03. The summed E-state index contributed by atoms with van der Waals surface area (Å²) in [7, 11) is 1.58. The number of carbonyl (C=O) groups is 2. The third-order valence-electron chi connectivity index (χ3n) is 6.27. The van der Waals surface area contributed by atoms with Crippen LogP contribution < -0.4 is 4.74 Å². The number of aliphatic imine (C=N–C) groups is 1. The zero-order valence-electron chi connectivity index (χ0n) is 20.4. The lowest BCUT2D eigenvalue weighted by Gasteiger charge is -2.48. The second kappa shape index (κ2) is 10.9. The predicted molar refractivity (Wildman–Crippen MR) is 144 cm³/mol. The van der Waals surface area contributed by atoms with Gasteiger partial charge >= 0.3 is 5.97 Å². The van der Waals surface area contributed by atoms with Gasteiger partial charge in [-0.3, -0.25) is 24.8 Å². The monoisotopic (exact) mass is 529 g/mol. The van der Waals surface area contributed by atoms with Gasteiger partial charge in [0, 0.05) is 29.7 Å². The number of β-lactam (4-membered cyclic amide) rings is 1. The number of carbonyl (C=O) groups excluding carboxylic acids is 2. The Morgan fingerprint density at radius 2 is 1.82 bits per heavy atom. The Bertz CT molecular complexity index is 1420. The topological polar surface area (TPSA) is 111 Å². The van der Waals surface area contributed by atoms with Gasteiger partial charge in [-0.1, -0.05) is 42.5 Å². The molecule has 0 N–H and O–H groups in total. The molecule has 9 nitrogen and oxygen atoms in total. The van der Waals surface area contributed by atoms with Crippen molar-refractivity contribution in [2.75, 3.05) is 12.9 Å². The number of non-ortho nitro benzene ring substituents is 1. The molecule has 0 saturated carbocycles. The first-order chi connectivity index (χ1) is 18.5.